The molecule has 0 saturated heterocycles. The topological polar surface area (TPSA) is 32.6 Å². The molecule has 1 N–H and O–H groups in total. The van der Waals surface area contributed by atoms with Crippen LogP contribution in [0.4, 0.5) is 0 Å². The van der Waals surface area contributed by atoms with Crippen molar-refractivity contribution < 1.29 is 5.21 Å². The Balaban J connectivity index is 1.99. The number of allylic oxidation sites excluding steroid dienone is 2. The summed E-state index contributed by atoms with van der Waals surface area (Å²) < 4.78 is 0. The van der Waals surface area contributed by atoms with Crippen molar-refractivity contribution in [3.8, 4) is 0 Å². The molecule has 70 valence electrons. The van der Waals surface area contributed by atoms with Crippen molar-refractivity contribution >= 4 is 17.3 Å². The van der Waals surface area contributed by atoms with E-state index in [0.29, 0.717) is 17.8 Å². The fraction of sp³-hybridized carbons (Fsp3) is 0.700. The van der Waals surface area contributed by atoms with Crippen LogP contribution < -0.4 is 0 Å². The zero-order valence-electron chi connectivity index (χ0n) is 7.23. The van der Waals surface area contributed by atoms with Gasteiger partial charge in [0.25, 0.3) is 0 Å². The van der Waals surface area contributed by atoms with Crippen molar-refractivity contribution in [3.05, 3.63) is 12.2 Å². The lowest BCUT2D eigenvalue weighted by molar-refractivity contribution is 0.301. The van der Waals surface area contributed by atoms with E-state index in [1.165, 1.54) is 6.42 Å². The number of hydrogen-bond donors (Lipinski definition) is 1. The molecule has 2 bridgehead atoms. The van der Waals surface area contributed by atoms with Gasteiger partial charge in [0.15, 0.2) is 0 Å². The predicted molar refractivity (Wildman–Crippen MR) is 51.2 cm³/mol. The number of hydrogen-bond acceptors (Lipinski definition) is 2. The van der Waals surface area contributed by atoms with Gasteiger partial charge in [0.1, 0.15) is 0 Å². The van der Waals surface area contributed by atoms with Crippen LogP contribution in [0.1, 0.15) is 12.8 Å². The number of rotatable bonds is 0. The highest BCUT2D eigenvalue weighted by Crippen LogP contribution is 2.56. The lowest BCUT2D eigenvalue weighted by atomic mass is 9.80. The van der Waals surface area contributed by atoms with Crippen molar-refractivity contribution in [2.45, 2.75) is 18.2 Å². The van der Waals surface area contributed by atoms with E-state index >= 15 is 0 Å². The second kappa shape index (κ2) is 2.50. The van der Waals surface area contributed by atoms with E-state index in [-0.39, 0.29) is 5.38 Å². The molecule has 5 atom stereocenters. The molecular formula is C10H12ClNO. The van der Waals surface area contributed by atoms with Gasteiger partial charge in [-0.2, -0.15) is 0 Å². The number of halogens is 1. The maximum Gasteiger partial charge on any atom is 0.0788 e. The highest BCUT2D eigenvalue weighted by Gasteiger charge is 2.56. The van der Waals surface area contributed by atoms with Crippen molar-refractivity contribution in [1.29, 1.82) is 0 Å². The van der Waals surface area contributed by atoms with Crippen LogP contribution in [0.15, 0.2) is 17.3 Å². The van der Waals surface area contributed by atoms with Crippen LogP contribution in [-0.4, -0.2) is 16.3 Å². The molecule has 0 radical (unpaired) electrons. The van der Waals surface area contributed by atoms with Crippen molar-refractivity contribution in [2.75, 3.05) is 0 Å². The molecule has 13 heavy (non-hydrogen) atoms. The van der Waals surface area contributed by atoms with Crippen molar-refractivity contribution in [2.24, 2.45) is 28.8 Å². The predicted octanol–water partition coefficient (Wildman–Crippen LogP) is 2.27. The zero-order valence-corrected chi connectivity index (χ0v) is 7.98. The lowest BCUT2D eigenvalue weighted by Gasteiger charge is -2.28. The van der Waals surface area contributed by atoms with E-state index in [1.807, 2.05) is 0 Å². The Kier molecular flexibility index (Phi) is 1.51. The molecule has 3 aliphatic carbocycles. The maximum atomic E-state index is 8.86. The SMILES string of the molecule is O/N=C1\C(Cl)C2CC1C1C=CCC12. The summed E-state index contributed by atoms with van der Waals surface area (Å²) in [6.45, 7) is 0. The third kappa shape index (κ3) is 0.824. The molecule has 5 unspecified atom stereocenters. The summed E-state index contributed by atoms with van der Waals surface area (Å²) in [6, 6.07) is 0. The van der Waals surface area contributed by atoms with Gasteiger partial charge < -0.3 is 5.21 Å². The van der Waals surface area contributed by atoms with Gasteiger partial charge in [-0.1, -0.05) is 17.3 Å². The third-order valence-corrected chi connectivity index (χ3v) is 4.50. The maximum absolute atomic E-state index is 8.86. The Morgan fingerprint density at radius 3 is 3.08 bits per heavy atom. The van der Waals surface area contributed by atoms with Gasteiger partial charge in [0.2, 0.25) is 0 Å². The first-order valence-corrected chi connectivity index (χ1v) is 5.29. The van der Waals surface area contributed by atoms with E-state index in [4.69, 9.17) is 16.8 Å². The first kappa shape index (κ1) is 7.86. The Morgan fingerprint density at radius 2 is 2.31 bits per heavy atom. The third-order valence-electron chi connectivity index (χ3n) is 3.96. The average molecular weight is 198 g/mol. The second-order valence-corrected chi connectivity index (χ2v) is 4.81. The Morgan fingerprint density at radius 1 is 1.46 bits per heavy atom. The van der Waals surface area contributed by atoms with Crippen LogP contribution in [-0.2, 0) is 0 Å². The lowest BCUT2D eigenvalue weighted by Crippen LogP contribution is -2.33. The summed E-state index contributed by atoms with van der Waals surface area (Å²) in [6.07, 6.45) is 6.84. The summed E-state index contributed by atoms with van der Waals surface area (Å²) >= 11 is 6.22. The van der Waals surface area contributed by atoms with Gasteiger partial charge in [-0.15, -0.1) is 11.6 Å². The Labute approximate surface area is 82.3 Å². The fourth-order valence-electron chi connectivity index (χ4n) is 3.42. The zero-order chi connectivity index (χ0) is 9.00. The Bertz CT molecular complexity index is 299. The summed E-state index contributed by atoms with van der Waals surface area (Å²) in [5.41, 5.74) is 0.833. The van der Waals surface area contributed by atoms with Crippen LogP contribution in [0.5, 0.6) is 0 Å². The molecule has 0 heterocycles. The quantitative estimate of drug-likeness (QED) is 0.275. The van der Waals surface area contributed by atoms with Crippen LogP contribution in [0.2, 0.25) is 0 Å². The van der Waals surface area contributed by atoms with Crippen LogP contribution >= 0.6 is 11.6 Å². The number of nitrogens with zero attached hydrogens (tertiary/aromatic N) is 1. The van der Waals surface area contributed by atoms with E-state index in [9.17, 15) is 0 Å². The molecule has 3 aliphatic rings. The monoisotopic (exact) mass is 197 g/mol. The molecule has 0 aromatic carbocycles. The van der Waals surface area contributed by atoms with Crippen LogP contribution in [0.25, 0.3) is 0 Å². The summed E-state index contributed by atoms with van der Waals surface area (Å²) in [5.74, 6) is 2.34. The molecule has 2 saturated carbocycles. The highest BCUT2D eigenvalue weighted by molar-refractivity contribution is 6.33. The highest BCUT2D eigenvalue weighted by atomic mass is 35.5. The average Bonchev–Trinajstić information content (AvgIpc) is 2.71. The van der Waals surface area contributed by atoms with Crippen LogP contribution in [0.3, 0.4) is 0 Å². The first-order chi connectivity index (χ1) is 6.33. The molecular weight excluding hydrogens is 186 g/mol. The summed E-state index contributed by atoms with van der Waals surface area (Å²) in [7, 11) is 0. The summed E-state index contributed by atoms with van der Waals surface area (Å²) in [5, 5.41) is 12.2. The molecule has 0 spiro atoms. The number of oxime groups is 1. The minimum absolute atomic E-state index is 0.00356. The number of alkyl halides is 1. The summed E-state index contributed by atoms with van der Waals surface area (Å²) in [4.78, 5) is 0. The van der Waals surface area contributed by atoms with Gasteiger partial charge in [-0.05, 0) is 30.6 Å². The van der Waals surface area contributed by atoms with E-state index in [0.717, 1.165) is 18.1 Å². The second-order valence-electron chi connectivity index (χ2n) is 4.34. The minimum Gasteiger partial charge on any atom is -0.411 e. The van der Waals surface area contributed by atoms with E-state index < -0.39 is 0 Å². The van der Waals surface area contributed by atoms with Crippen LogP contribution in [0, 0.1) is 23.7 Å². The largest absolute Gasteiger partial charge is 0.411 e. The molecule has 0 aliphatic heterocycles. The van der Waals surface area contributed by atoms with Crippen molar-refractivity contribution in [1.82, 2.24) is 0 Å². The standard InChI is InChI=1S/C10H12ClNO/c11-9-7-4-8(10(9)12-13)6-3-1-2-5(6)7/h1,3,5-9,13H,2,4H2/b12-10-. The van der Waals surface area contributed by atoms with Gasteiger partial charge in [-0.3, -0.25) is 0 Å². The molecule has 0 amide bonds. The fourth-order valence-corrected chi connectivity index (χ4v) is 3.91. The van der Waals surface area contributed by atoms with E-state index in [2.05, 4.69) is 17.3 Å². The first-order valence-electron chi connectivity index (χ1n) is 4.85. The van der Waals surface area contributed by atoms with Crippen molar-refractivity contribution in [3.63, 3.8) is 0 Å². The molecule has 3 rings (SSSR count). The van der Waals surface area contributed by atoms with Gasteiger partial charge in [0.05, 0.1) is 11.1 Å². The van der Waals surface area contributed by atoms with Gasteiger partial charge >= 0.3 is 0 Å². The smallest absolute Gasteiger partial charge is 0.0788 e. The van der Waals surface area contributed by atoms with Gasteiger partial charge in [0, 0.05) is 5.92 Å². The molecule has 0 aromatic heterocycles. The normalized spacial score (nSPS) is 54.8. The van der Waals surface area contributed by atoms with Gasteiger partial charge in [-0.25, -0.2) is 0 Å². The minimum atomic E-state index is -0.00356. The molecule has 0 aromatic rings. The van der Waals surface area contributed by atoms with E-state index in [1.54, 1.807) is 0 Å². The number of fused-ring (bicyclic) bond motifs is 5. The molecule has 2 nitrogen and oxygen atoms in total. The Hall–Kier alpha value is -0.500. The molecule has 2 fully saturated rings. The molecule has 3 heteroatoms.